The van der Waals surface area contributed by atoms with E-state index in [0.29, 0.717) is 42.9 Å². The summed E-state index contributed by atoms with van der Waals surface area (Å²) >= 11 is 7.97. The summed E-state index contributed by atoms with van der Waals surface area (Å²) < 4.78 is 42.3. The van der Waals surface area contributed by atoms with Gasteiger partial charge in [-0.2, -0.15) is 0 Å². The van der Waals surface area contributed by atoms with E-state index in [0.717, 1.165) is 16.3 Å². The van der Waals surface area contributed by atoms with E-state index < -0.39 is 21.9 Å². The fraction of sp³-hybridized carbons (Fsp3) is 0.292. The molecule has 35 heavy (non-hydrogen) atoms. The van der Waals surface area contributed by atoms with Crippen molar-refractivity contribution in [1.82, 2.24) is 19.6 Å². The molecule has 2 aromatic heterocycles. The minimum atomic E-state index is -3.37. The fourth-order valence-corrected chi connectivity index (χ4v) is 7.15. The van der Waals surface area contributed by atoms with E-state index in [9.17, 15) is 12.8 Å². The van der Waals surface area contributed by atoms with Gasteiger partial charge in [0.15, 0.2) is 10.8 Å². The zero-order chi connectivity index (χ0) is 24.2. The Morgan fingerprint density at radius 1 is 1.14 bits per heavy atom. The van der Waals surface area contributed by atoms with Crippen LogP contribution in [0.3, 0.4) is 0 Å². The molecule has 0 bridgehead atoms. The van der Waals surface area contributed by atoms with E-state index in [1.807, 2.05) is 28.5 Å². The second kappa shape index (κ2) is 8.77. The molecule has 4 heterocycles. The van der Waals surface area contributed by atoms with E-state index in [2.05, 4.69) is 14.7 Å². The van der Waals surface area contributed by atoms with Crippen molar-refractivity contribution < 1.29 is 12.8 Å². The van der Waals surface area contributed by atoms with Gasteiger partial charge in [0.2, 0.25) is 10.0 Å². The first kappa shape index (κ1) is 22.8. The molecule has 1 aliphatic carbocycles. The summed E-state index contributed by atoms with van der Waals surface area (Å²) in [6.45, 7) is 0.430. The predicted octanol–water partition coefficient (Wildman–Crippen LogP) is 4.40. The van der Waals surface area contributed by atoms with Crippen molar-refractivity contribution >= 4 is 44.4 Å². The number of sulfonamides is 1. The van der Waals surface area contributed by atoms with Crippen LogP contribution in [0.25, 0.3) is 5.57 Å². The van der Waals surface area contributed by atoms with Crippen LogP contribution in [0.15, 0.2) is 64.9 Å². The average molecular weight is 530 g/mol. The maximum Gasteiger partial charge on any atom is 0.214 e. The molecule has 11 heteroatoms. The van der Waals surface area contributed by atoms with Crippen molar-refractivity contribution in [2.75, 3.05) is 6.54 Å². The Hall–Kier alpha value is -2.66. The largest absolute Gasteiger partial charge is 0.326 e. The minimum absolute atomic E-state index is 0.267. The molecule has 2 atom stereocenters. The van der Waals surface area contributed by atoms with Crippen LogP contribution < -0.4 is 4.72 Å². The van der Waals surface area contributed by atoms with Crippen LogP contribution in [0, 0.1) is 5.82 Å². The van der Waals surface area contributed by atoms with Crippen molar-refractivity contribution in [3.63, 3.8) is 0 Å². The highest BCUT2D eigenvalue weighted by molar-refractivity contribution is 7.90. The maximum absolute atomic E-state index is 13.9. The Morgan fingerprint density at radius 3 is 2.69 bits per heavy atom. The van der Waals surface area contributed by atoms with Gasteiger partial charge in [-0.25, -0.2) is 22.5 Å². The van der Waals surface area contributed by atoms with Crippen LogP contribution in [0.2, 0.25) is 5.02 Å². The lowest BCUT2D eigenvalue weighted by Gasteiger charge is -2.32. The molecule has 0 amide bonds. The summed E-state index contributed by atoms with van der Waals surface area (Å²) in [7, 11) is -3.37. The highest BCUT2D eigenvalue weighted by Gasteiger charge is 2.43. The van der Waals surface area contributed by atoms with Gasteiger partial charge in [-0.15, -0.1) is 11.3 Å². The topological polar surface area (TPSA) is 87.5 Å². The molecule has 3 aromatic rings. The number of halogens is 2. The normalized spacial score (nSPS) is 22.3. The van der Waals surface area contributed by atoms with Gasteiger partial charge >= 0.3 is 0 Å². The van der Waals surface area contributed by atoms with E-state index in [-0.39, 0.29) is 16.3 Å². The molecule has 6 rings (SSSR count). The minimum Gasteiger partial charge on any atom is -0.326 e. The highest BCUT2D eigenvalue weighted by Crippen LogP contribution is 2.46. The van der Waals surface area contributed by atoms with Crippen LogP contribution in [-0.2, 0) is 10.0 Å². The number of pyridine rings is 1. The Balaban J connectivity index is 1.51. The second-order valence-electron chi connectivity index (χ2n) is 8.81. The van der Waals surface area contributed by atoms with Gasteiger partial charge in [0.25, 0.3) is 0 Å². The Bertz CT molecular complexity index is 1440. The average Bonchev–Trinajstić information content (AvgIpc) is 3.42. The van der Waals surface area contributed by atoms with Crippen molar-refractivity contribution in [2.45, 2.75) is 36.6 Å². The molecule has 0 unspecified atom stereocenters. The van der Waals surface area contributed by atoms with Gasteiger partial charge in [0.1, 0.15) is 11.9 Å². The van der Waals surface area contributed by atoms with Crippen molar-refractivity contribution in [3.05, 3.63) is 87.0 Å². The van der Waals surface area contributed by atoms with Crippen molar-refractivity contribution in [1.29, 1.82) is 0 Å². The number of aliphatic imine (C=N–C) groups is 1. The van der Waals surface area contributed by atoms with Crippen LogP contribution in [0.4, 0.5) is 4.39 Å². The number of amidine groups is 1. The van der Waals surface area contributed by atoms with Crippen molar-refractivity contribution in [2.24, 2.45) is 4.99 Å². The third-order valence-corrected chi connectivity index (χ3v) is 9.48. The first-order valence-corrected chi connectivity index (χ1v) is 14.1. The van der Waals surface area contributed by atoms with Gasteiger partial charge in [0, 0.05) is 58.6 Å². The van der Waals surface area contributed by atoms with Crippen molar-refractivity contribution in [3.8, 4) is 0 Å². The zero-order valence-corrected chi connectivity index (χ0v) is 20.8. The molecule has 2 aliphatic heterocycles. The molecular formula is C24H21ClFN5O2S2. The lowest BCUT2D eigenvalue weighted by atomic mass is 9.92. The highest BCUT2D eigenvalue weighted by atomic mass is 35.5. The first-order valence-electron chi connectivity index (χ1n) is 11.3. The van der Waals surface area contributed by atoms with Gasteiger partial charge in [0.05, 0.1) is 10.9 Å². The van der Waals surface area contributed by atoms with Gasteiger partial charge < -0.3 is 4.90 Å². The van der Waals surface area contributed by atoms with E-state index in [1.54, 1.807) is 18.5 Å². The summed E-state index contributed by atoms with van der Waals surface area (Å²) in [5.41, 5.74) is 3.10. The number of benzene rings is 1. The van der Waals surface area contributed by atoms with E-state index >= 15 is 0 Å². The monoisotopic (exact) mass is 529 g/mol. The van der Waals surface area contributed by atoms with Crippen LogP contribution in [0.1, 0.15) is 41.6 Å². The van der Waals surface area contributed by atoms with E-state index in [4.69, 9.17) is 16.6 Å². The van der Waals surface area contributed by atoms with Gasteiger partial charge in [-0.1, -0.05) is 23.7 Å². The molecule has 1 N–H and O–H groups in total. The first-order chi connectivity index (χ1) is 16.9. The number of hydrogen-bond acceptors (Lipinski definition) is 7. The molecule has 7 nitrogen and oxygen atoms in total. The molecule has 0 radical (unpaired) electrons. The predicted molar refractivity (Wildman–Crippen MR) is 134 cm³/mol. The molecule has 0 spiro atoms. The fourth-order valence-electron chi connectivity index (χ4n) is 4.67. The Morgan fingerprint density at radius 2 is 2.00 bits per heavy atom. The molecule has 3 aliphatic rings. The number of nitrogens with zero attached hydrogens (tertiary/aromatic N) is 4. The number of aromatic nitrogens is 2. The smallest absolute Gasteiger partial charge is 0.214 e. The Labute approximate surface area is 211 Å². The number of nitrogens with one attached hydrogen (secondary N) is 1. The van der Waals surface area contributed by atoms with Crippen LogP contribution in [0.5, 0.6) is 0 Å². The molecular weight excluding hydrogens is 509 g/mol. The summed E-state index contributed by atoms with van der Waals surface area (Å²) in [5.74, 6) is 0.218. The van der Waals surface area contributed by atoms with Crippen LogP contribution in [-0.4, -0.2) is 47.0 Å². The number of rotatable bonds is 6. The quantitative estimate of drug-likeness (QED) is 0.511. The summed E-state index contributed by atoms with van der Waals surface area (Å²) in [6, 6.07) is 9.05. The number of hydrogen-bond donors (Lipinski definition) is 1. The van der Waals surface area contributed by atoms with Gasteiger partial charge in [-0.3, -0.25) is 9.98 Å². The lowest BCUT2D eigenvalue weighted by molar-refractivity contribution is 0.517. The zero-order valence-electron chi connectivity index (χ0n) is 18.4. The lowest BCUT2D eigenvalue weighted by Crippen LogP contribution is -2.40. The molecule has 1 saturated heterocycles. The standard InChI is InChI=1S/C24H21ClFN5O2S2/c25-18-11-14(26)4-7-17(18)22-21(19-3-1-2-8-27-19)20-12-15(30-35(32,33)16-5-6-16)13-31(20)23(29-22)24-28-9-10-34-24/h1-4,7-11,15-16,22,30H,5-6,12-13H2/t15-,22-/m0/s1. The number of thiazole rings is 1. The molecule has 2 fully saturated rings. The second-order valence-corrected chi connectivity index (χ2v) is 12.1. The van der Waals surface area contributed by atoms with E-state index in [1.165, 1.54) is 23.5 Å². The number of fused-ring (bicyclic) bond motifs is 1. The maximum atomic E-state index is 13.9. The molecule has 1 saturated carbocycles. The SMILES string of the molecule is O=S(=O)(N[C@H]1CC2=C(c3ccccn3)[C@H](c3ccc(F)cc3Cl)N=C(c3nccs3)N2C1)C1CC1. The van der Waals surface area contributed by atoms with Crippen LogP contribution >= 0.6 is 22.9 Å². The van der Waals surface area contributed by atoms with Gasteiger partial charge in [-0.05, 0) is 37.1 Å². The summed E-state index contributed by atoms with van der Waals surface area (Å²) in [6.07, 6.45) is 5.29. The summed E-state index contributed by atoms with van der Waals surface area (Å²) in [4.78, 5) is 16.2. The Kier molecular flexibility index (Phi) is 5.71. The summed E-state index contributed by atoms with van der Waals surface area (Å²) in [5, 5.41) is 2.56. The third-order valence-electron chi connectivity index (χ3n) is 6.38. The molecule has 180 valence electrons. The third kappa shape index (κ3) is 4.29. The molecule has 1 aromatic carbocycles.